The number of amides is 1. The van der Waals surface area contributed by atoms with Crippen LogP contribution in [0.5, 0.6) is 17.2 Å². The first-order valence-electron chi connectivity index (χ1n) is 9.80. The van der Waals surface area contributed by atoms with Gasteiger partial charge in [0.25, 0.3) is 5.91 Å². The molecule has 1 N–H and O–H groups in total. The van der Waals surface area contributed by atoms with E-state index in [0.29, 0.717) is 54.6 Å². The average molecular weight is 428 g/mol. The molecule has 3 rings (SSSR count). The summed E-state index contributed by atoms with van der Waals surface area (Å²) in [4.78, 5) is 27.3. The number of halogens is 1. The van der Waals surface area contributed by atoms with Gasteiger partial charge in [0.2, 0.25) is 5.75 Å². The highest BCUT2D eigenvalue weighted by Crippen LogP contribution is 2.38. The number of nitrogens with zero attached hydrogens (tertiary/aromatic N) is 1. The van der Waals surface area contributed by atoms with E-state index in [1.807, 2.05) is 0 Å². The second-order valence-corrected chi connectivity index (χ2v) is 6.89. The Balaban J connectivity index is 1.90. The quantitative estimate of drug-likeness (QED) is 0.540. The van der Waals surface area contributed by atoms with Crippen LogP contribution in [0.4, 0.5) is 4.39 Å². The first-order chi connectivity index (χ1) is 15.0. The molecule has 0 atom stereocenters. The van der Waals surface area contributed by atoms with Gasteiger partial charge in [0.15, 0.2) is 17.3 Å². The lowest BCUT2D eigenvalue weighted by Gasteiger charge is -2.28. The molecule has 1 fully saturated rings. The minimum absolute atomic E-state index is 0.218. The van der Waals surface area contributed by atoms with Crippen LogP contribution in [-0.2, 0) is 0 Å². The molecule has 31 heavy (non-hydrogen) atoms. The van der Waals surface area contributed by atoms with E-state index in [0.717, 1.165) is 0 Å². The molecular formula is C23H25FN2O5. The van der Waals surface area contributed by atoms with Crippen molar-refractivity contribution in [3.63, 3.8) is 0 Å². The first-order valence-corrected chi connectivity index (χ1v) is 9.80. The van der Waals surface area contributed by atoms with Crippen molar-refractivity contribution in [2.24, 2.45) is 0 Å². The number of rotatable bonds is 7. The number of ketones is 1. The second-order valence-electron chi connectivity index (χ2n) is 6.89. The topological polar surface area (TPSA) is 77.1 Å². The molecular weight excluding hydrogens is 403 g/mol. The van der Waals surface area contributed by atoms with E-state index in [1.54, 1.807) is 17.0 Å². The molecule has 0 spiro atoms. The fourth-order valence-corrected chi connectivity index (χ4v) is 3.38. The number of carbonyl (C=O) groups is 2. The van der Waals surface area contributed by atoms with E-state index < -0.39 is 5.82 Å². The van der Waals surface area contributed by atoms with Crippen molar-refractivity contribution in [2.45, 2.75) is 0 Å². The van der Waals surface area contributed by atoms with Crippen LogP contribution in [-0.4, -0.2) is 64.1 Å². The van der Waals surface area contributed by atoms with E-state index in [-0.39, 0.29) is 17.3 Å². The summed E-state index contributed by atoms with van der Waals surface area (Å²) in [6.07, 6.45) is 2.85. The zero-order valence-electron chi connectivity index (χ0n) is 17.7. The van der Waals surface area contributed by atoms with Crippen molar-refractivity contribution in [2.75, 3.05) is 47.5 Å². The van der Waals surface area contributed by atoms with Crippen molar-refractivity contribution in [3.8, 4) is 17.2 Å². The Morgan fingerprint density at radius 1 is 1.00 bits per heavy atom. The summed E-state index contributed by atoms with van der Waals surface area (Å²) in [6.45, 7) is 2.46. The minimum Gasteiger partial charge on any atom is -0.493 e. The smallest absolute Gasteiger partial charge is 0.254 e. The first kappa shape index (κ1) is 22.3. The van der Waals surface area contributed by atoms with Gasteiger partial charge in [0, 0.05) is 37.3 Å². The van der Waals surface area contributed by atoms with Gasteiger partial charge in [-0.05, 0) is 35.9 Å². The zero-order valence-corrected chi connectivity index (χ0v) is 17.7. The average Bonchev–Trinajstić information content (AvgIpc) is 2.81. The molecule has 0 radical (unpaired) electrons. The molecule has 1 saturated heterocycles. The highest BCUT2D eigenvalue weighted by Gasteiger charge is 2.21. The van der Waals surface area contributed by atoms with E-state index in [2.05, 4.69) is 5.32 Å². The van der Waals surface area contributed by atoms with Gasteiger partial charge in [-0.2, -0.15) is 0 Å². The number of methoxy groups -OCH3 is 3. The molecule has 1 amide bonds. The van der Waals surface area contributed by atoms with Gasteiger partial charge in [-0.25, -0.2) is 4.39 Å². The zero-order chi connectivity index (χ0) is 22.4. The Kier molecular flexibility index (Phi) is 7.25. The van der Waals surface area contributed by atoms with Crippen LogP contribution in [0, 0.1) is 5.82 Å². The predicted octanol–water partition coefficient (Wildman–Crippen LogP) is 2.79. The van der Waals surface area contributed by atoms with Crippen molar-refractivity contribution in [1.82, 2.24) is 10.2 Å². The number of ether oxygens (including phenoxy) is 3. The molecule has 0 saturated carbocycles. The summed E-state index contributed by atoms with van der Waals surface area (Å²) in [7, 11) is 4.41. The molecule has 1 heterocycles. The lowest BCUT2D eigenvalue weighted by Crippen LogP contribution is -2.46. The lowest BCUT2D eigenvalue weighted by molar-refractivity contribution is 0.0735. The van der Waals surface area contributed by atoms with Crippen LogP contribution in [0.15, 0.2) is 36.4 Å². The maximum absolute atomic E-state index is 13.9. The number of carbonyl (C=O) groups excluding carboxylic acids is 2. The van der Waals surface area contributed by atoms with Crippen molar-refractivity contribution < 1.29 is 28.2 Å². The third-order valence-electron chi connectivity index (χ3n) is 5.01. The van der Waals surface area contributed by atoms with Crippen molar-refractivity contribution in [1.29, 1.82) is 0 Å². The molecule has 0 aliphatic carbocycles. The van der Waals surface area contributed by atoms with Gasteiger partial charge in [-0.1, -0.05) is 12.1 Å². The molecule has 2 aromatic carbocycles. The maximum atomic E-state index is 13.9. The SMILES string of the molecule is COc1cc(C(=O)/C=C/c2ccc(F)cc2C(=O)N2CCNCC2)cc(OC)c1OC. The van der Waals surface area contributed by atoms with E-state index in [9.17, 15) is 14.0 Å². The molecule has 0 bridgehead atoms. The summed E-state index contributed by atoms with van der Waals surface area (Å²) in [6, 6.07) is 7.05. The summed E-state index contributed by atoms with van der Waals surface area (Å²) >= 11 is 0. The van der Waals surface area contributed by atoms with Gasteiger partial charge in [-0.15, -0.1) is 0 Å². The van der Waals surface area contributed by atoms with Crippen LogP contribution < -0.4 is 19.5 Å². The van der Waals surface area contributed by atoms with E-state index >= 15 is 0 Å². The van der Waals surface area contributed by atoms with Gasteiger partial charge in [0.05, 0.1) is 21.3 Å². The Morgan fingerprint density at radius 2 is 1.65 bits per heavy atom. The van der Waals surface area contributed by atoms with Gasteiger partial charge in [-0.3, -0.25) is 9.59 Å². The van der Waals surface area contributed by atoms with Crippen LogP contribution >= 0.6 is 0 Å². The van der Waals surface area contributed by atoms with E-state index in [4.69, 9.17) is 14.2 Å². The molecule has 1 aliphatic rings. The number of piperazine rings is 1. The van der Waals surface area contributed by atoms with Crippen LogP contribution in [0.3, 0.4) is 0 Å². The molecule has 2 aromatic rings. The molecule has 164 valence electrons. The summed E-state index contributed by atoms with van der Waals surface area (Å²) in [5.41, 5.74) is 1.00. The van der Waals surface area contributed by atoms with Gasteiger partial charge in [0.1, 0.15) is 5.82 Å². The van der Waals surface area contributed by atoms with E-state index in [1.165, 1.54) is 51.7 Å². The van der Waals surface area contributed by atoms with Crippen LogP contribution in [0.25, 0.3) is 6.08 Å². The van der Waals surface area contributed by atoms with Crippen LogP contribution in [0.2, 0.25) is 0 Å². The number of hydrogen-bond donors (Lipinski definition) is 1. The molecule has 8 heteroatoms. The number of hydrogen-bond acceptors (Lipinski definition) is 6. The molecule has 0 unspecified atom stereocenters. The fourth-order valence-electron chi connectivity index (χ4n) is 3.38. The van der Waals surface area contributed by atoms with Gasteiger partial charge >= 0.3 is 0 Å². The largest absolute Gasteiger partial charge is 0.493 e. The Morgan fingerprint density at radius 3 is 2.23 bits per heavy atom. The normalized spacial score (nSPS) is 13.9. The lowest BCUT2D eigenvalue weighted by atomic mass is 10.0. The number of allylic oxidation sites excluding steroid dienone is 1. The molecule has 7 nitrogen and oxygen atoms in total. The monoisotopic (exact) mass is 428 g/mol. The predicted molar refractivity (Wildman–Crippen MR) is 115 cm³/mol. The standard InChI is InChI=1S/C23H25FN2O5/c1-29-20-12-16(13-21(30-2)22(20)31-3)19(27)7-5-15-4-6-17(24)14-18(15)23(28)26-10-8-25-9-11-26/h4-7,12-14,25H,8-11H2,1-3H3/b7-5+. The van der Waals surface area contributed by atoms with Crippen molar-refractivity contribution >= 4 is 17.8 Å². The Bertz CT molecular complexity index is 974. The summed E-state index contributed by atoms with van der Waals surface area (Å²) in [5.74, 6) is -0.00509. The molecule has 0 aromatic heterocycles. The van der Waals surface area contributed by atoms with Crippen LogP contribution in [0.1, 0.15) is 26.3 Å². The fraction of sp³-hybridized carbons (Fsp3) is 0.304. The third-order valence-corrected chi connectivity index (χ3v) is 5.01. The van der Waals surface area contributed by atoms with Gasteiger partial charge < -0.3 is 24.4 Å². The highest BCUT2D eigenvalue weighted by molar-refractivity contribution is 6.08. The Labute approximate surface area is 180 Å². The van der Waals surface area contributed by atoms with Crippen molar-refractivity contribution in [3.05, 3.63) is 58.9 Å². The highest BCUT2D eigenvalue weighted by atomic mass is 19.1. The number of benzene rings is 2. The third kappa shape index (κ3) is 5.03. The summed E-state index contributed by atoms with van der Waals surface area (Å²) in [5, 5.41) is 3.18. The minimum atomic E-state index is -0.508. The number of nitrogens with one attached hydrogen (secondary N) is 1. The molecule has 1 aliphatic heterocycles. The summed E-state index contributed by atoms with van der Waals surface area (Å²) < 4.78 is 29.7. The Hall–Kier alpha value is -3.39. The second kappa shape index (κ2) is 10.1. The maximum Gasteiger partial charge on any atom is 0.254 e.